The number of rotatable bonds is 4. The molecule has 18 heavy (non-hydrogen) atoms. The first-order valence-electron chi connectivity index (χ1n) is 6.60. The van der Waals surface area contributed by atoms with Crippen LogP contribution in [0.15, 0.2) is 0 Å². The van der Waals surface area contributed by atoms with E-state index in [9.17, 15) is 9.59 Å². The van der Waals surface area contributed by atoms with E-state index in [0.29, 0.717) is 13.0 Å². The van der Waals surface area contributed by atoms with Gasteiger partial charge in [0, 0.05) is 7.11 Å². The average molecular weight is 254 g/mol. The molecule has 0 aromatic carbocycles. The van der Waals surface area contributed by atoms with E-state index in [4.69, 9.17) is 4.74 Å². The third-order valence-electron chi connectivity index (χ3n) is 4.39. The van der Waals surface area contributed by atoms with Crippen molar-refractivity contribution >= 4 is 11.8 Å². The molecule has 0 aromatic heterocycles. The molecule has 1 N–H and O–H groups in total. The van der Waals surface area contributed by atoms with Gasteiger partial charge in [-0.1, -0.05) is 6.92 Å². The van der Waals surface area contributed by atoms with Gasteiger partial charge in [0.05, 0.1) is 18.7 Å². The van der Waals surface area contributed by atoms with Crippen LogP contribution in [0.5, 0.6) is 0 Å². The SMILES string of the molecule is CCC1(C)NC(=O)CN(CC2(OC)CCC2)C1=O. The van der Waals surface area contributed by atoms with Crippen LogP contribution in [0.2, 0.25) is 0 Å². The van der Waals surface area contributed by atoms with Gasteiger partial charge in [-0.25, -0.2) is 0 Å². The topological polar surface area (TPSA) is 58.6 Å². The second kappa shape index (κ2) is 4.53. The second-order valence-electron chi connectivity index (χ2n) is 5.64. The van der Waals surface area contributed by atoms with Gasteiger partial charge in [0.15, 0.2) is 0 Å². The van der Waals surface area contributed by atoms with Crippen LogP contribution < -0.4 is 5.32 Å². The number of ether oxygens (including phenoxy) is 1. The Morgan fingerprint density at radius 1 is 1.39 bits per heavy atom. The Bertz CT molecular complexity index is 360. The summed E-state index contributed by atoms with van der Waals surface area (Å²) < 4.78 is 5.54. The lowest BCUT2D eigenvalue weighted by Gasteiger charge is -2.47. The van der Waals surface area contributed by atoms with Crippen molar-refractivity contribution in [2.75, 3.05) is 20.2 Å². The molecule has 1 atom stereocenters. The van der Waals surface area contributed by atoms with E-state index in [1.807, 2.05) is 6.92 Å². The highest BCUT2D eigenvalue weighted by Gasteiger charge is 2.46. The van der Waals surface area contributed by atoms with Crippen molar-refractivity contribution in [2.45, 2.75) is 50.7 Å². The summed E-state index contributed by atoms with van der Waals surface area (Å²) in [6.07, 6.45) is 3.68. The predicted molar refractivity (Wildman–Crippen MR) is 67.0 cm³/mol. The average Bonchev–Trinajstić information content (AvgIpc) is 2.29. The summed E-state index contributed by atoms with van der Waals surface area (Å²) in [4.78, 5) is 25.8. The molecule has 102 valence electrons. The first kappa shape index (κ1) is 13.3. The van der Waals surface area contributed by atoms with Crippen LogP contribution in [0.1, 0.15) is 39.5 Å². The smallest absolute Gasteiger partial charge is 0.248 e. The Morgan fingerprint density at radius 2 is 2.06 bits per heavy atom. The molecule has 0 radical (unpaired) electrons. The fraction of sp³-hybridized carbons (Fsp3) is 0.846. The van der Waals surface area contributed by atoms with Crippen molar-refractivity contribution in [1.29, 1.82) is 0 Å². The van der Waals surface area contributed by atoms with E-state index >= 15 is 0 Å². The maximum atomic E-state index is 12.4. The number of carbonyl (C=O) groups is 2. The lowest BCUT2D eigenvalue weighted by atomic mass is 9.79. The fourth-order valence-electron chi connectivity index (χ4n) is 2.71. The van der Waals surface area contributed by atoms with Gasteiger partial charge in [-0.05, 0) is 32.6 Å². The van der Waals surface area contributed by atoms with Crippen LogP contribution in [-0.4, -0.2) is 48.1 Å². The largest absolute Gasteiger partial charge is 0.376 e. The third-order valence-corrected chi connectivity index (χ3v) is 4.39. The van der Waals surface area contributed by atoms with Crippen LogP contribution in [0.25, 0.3) is 0 Å². The Morgan fingerprint density at radius 3 is 2.50 bits per heavy atom. The molecule has 0 bridgehead atoms. The Hall–Kier alpha value is -1.10. The number of nitrogens with zero attached hydrogens (tertiary/aromatic N) is 1. The van der Waals surface area contributed by atoms with Crippen molar-refractivity contribution in [3.63, 3.8) is 0 Å². The van der Waals surface area contributed by atoms with Gasteiger partial charge in [0.1, 0.15) is 5.54 Å². The van der Waals surface area contributed by atoms with E-state index < -0.39 is 5.54 Å². The molecule has 1 heterocycles. The molecular weight excluding hydrogens is 232 g/mol. The number of piperazine rings is 1. The van der Waals surface area contributed by atoms with E-state index in [2.05, 4.69) is 5.32 Å². The van der Waals surface area contributed by atoms with Crippen LogP contribution in [0.3, 0.4) is 0 Å². The molecule has 0 spiro atoms. The van der Waals surface area contributed by atoms with Crippen LogP contribution in [-0.2, 0) is 14.3 Å². The summed E-state index contributed by atoms with van der Waals surface area (Å²) in [5.74, 6) is -0.0718. The molecule has 5 nitrogen and oxygen atoms in total. The van der Waals surface area contributed by atoms with Gasteiger partial charge < -0.3 is 15.0 Å². The number of hydrogen-bond acceptors (Lipinski definition) is 3. The zero-order valence-electron chi connectivity index (χ0n) is 11.4. The monoisotopic (exact) mass is 254 g/mol. The third kappa shape index (κ3) is 2.11. The van der Waals surface area contributed by atoms with Crippen molar-refractivity contribution in [3.05, 3.63) is 0 Å². The minimum Gasteiger partial charge on any atom is -0.376 e. The Labute approximate surface area is 108 Å². The lowest BCUT2D eigenvalue weighted by molar-refractivity contribution is -0.157. The molecule has 0 aromatic rings. The van der Waals surface area contributed by atoms with E-state index in [0.717, 1.165) is 19.3 Å². The maximum absolute atomic E-state index is 12.4. The second-order valence-corrected chi connectivity index (χ2v) is 5.64. The predicted octanol–water partition coefficient (Wildman–Crippen LogP) is 0.683. The summed E-state index contributed by atoms with van der Waals surface area (Å²) in [7, 11) is 1.69. The minimum atomic E-state index is -0.756. The molecule has 1 aliphatic heterocycles. The Kier molecular flexibility index (Phi) is 3.36. The fourth-order valence-corrected chi connectivity index (χ4v) is 2.71. The van der Waals surface area contributed by atoms with Crippen molar-refractivity contribution in [3.8, 4) is 0 Å². The number of methoxy groups -OCH3 is 1. The highest BCUT2D eigenvalue weighted by Crippen LogP contribution is 2.36. The van der Waals surface area contributed by atoms with Gasteiger partial charge >= 0.3 is 0 Å². The first-order valence-corrected chi connectivity index (χ1v) is 6.60. The molecule has 2 amide bonds. The van der Waals surface area contributed by atoms with Crippen molar-refractivity contribution < 1.29 is 14.3 Å². The van der Waals surface area contributed by atoms with Crippen LogP contribution in [0.4, 0.5) is 0 Å². The van der Waals surface area contributed by atoms with Crippen molar-refractivity contribution in [2.24, 2.45) is 0 Å². The van der Waals surface area contributed by atoms with Crippen LogP contribution >= 0.6 is 0 Å². The maximum Gasteiger partial charge on any atom is 0.248 e. The molecule has 2 rings (SSSR count). The summed E-state index contributed by atoms with van der Waals surface area (Å²) >= 11 is 0. The van der Waals surface area contributed by atoms with E-state index in [1.165, 1.54) is 0 Å². The number of nitrogens with one attached hydrogen (secondary N) is 1. The molecule has 2 aliphatic rings. The van der Waals surface area contributed by atoms with E-state index in [-0.39, 0.29) is 24.0 Å². The number of carbonyl (C=O) groups excluding carboxylic acids is 2. The highest BCUT2D eigenvalue weighted by atomic mass is 16.5. The van der Waals surface area contributed by atoms with Gasteiger partial charge in [0.2, 0.25) is 11.8 Å². The molecular formula is C13H22N2O3. The van der Waals surface area contributed by atoms with Crippen molar-refractivity contribution in [1.82, 2.24) is 10.2 Å². The van der Waals surface area contributed by atoms with Gasteiger partial charge in [-0.3, -0.25) is 9.59 Å². The van der Waals surface area contributed by atoms with Gasteiger partial charge in [0.25, 0.3) is 0 Å². The molecule has 2 fully saturated rings. The standard InChI is InChI=1S/C13H22N2O3/c1-4-12(2)11(17)15(8-10(16)14-12)9-13(18-3)6-5-7-13/h4-9H2,1-3H3,(H,14,16). The summed E-state index contributed by atoms with van der Waals surface area (Å²) in [5, 5.41) is 2.79. The molecule has 1 saturated carbocycles. The van der Waals surface area contributed by atoms with E-state index in [1.54, 1.807) is 18.9 Å². The molecule has 1 unspecified atom stereocenters. The molecule has 1 aliphatic carbocycles. The quantitative estimate of drug-likeness (QED) is 0.802. The minimum absolute atomic E-state index is 0.00734. The molecule has 5 heteroatoms. The summed E-state index contributed by atoms with van der Waals surface area (Å²) in [6, 6.07) is 0. The zero-order valence-corrected chi connectivity index (χ0v) is 11.4. The lowest BCUT2D eigenvalue weighted by Crippen LogP contribution is -2.67. The Balaban J connectivity index is 2.12. The van der Waals surface area contributed by atoms with Gasteiger partial charge in [-0.15, -0.1) is 0 Å². The van der Waals surface area contributed by atoms with Crippen LogP contribution in [0, 0.1) is 0 Å². The number of amides is 2. The number of hydrogen-bond donors (Lipinski definition) is 1. The normalized spacial score (nSPS) is 30.9. The summed E-state index contributed by atoms with van der Waals surface area (Å²) in [6.45, 7) is 4.39. The molecule has 1 saturated heterocycles. The highest BCUT2D eigenvalue weighted by molar-refractivity contribution is 5.97. The first-order chi connectivity index (χ1) is 8.45. The zero-order chi connectivity index (χ0) is 13.4. The summed E-state index contributed by atoms with van der Waals surface area (Å²) in [5.41, 5.74) is -0.976. The van der Waals surface area contributed by atoms with Gasteiger partial charge in [-0.2, -0.15) is 0 Å².